The largest absolute Gasteiger partial charge is 0.290 e. The average molecular weight is 244 g/mol. The minimum Gasteiger partial charge on any atom is -0.290 e. The second kappa shape index (κ2) is 5.15. The molecular weight excluding hydrogens is 228 g/mol. The van der Waals surface area contributed by atoms with Gasteiger partial charge in [0.25, 0.3) is 0 Å². The fourth-order valence-corrected chi connectivity index (χ4v) is 2.49. The Kier molecular flexibility index (Phi) is 3.59. The van der Waals surface area contributed by atoms with Gasteiger partial charge in [-0.15, -0.1) is 11.3 Å². The molecule has 17 heavy (non-hydrogen) atoms. The number of aryl methyl sites for hydroxylation is 1. The lowest BCUT2D eigenvalue weighted by atomic mass is 10.3. The van der Waals surface area contributed by atoms with Crippen molar-refractivity contribution in [2.24, 2.45) is 4.99 Å². The standard InChI is InChI=1S/C14H16N2S/c1-4-11(2)15-14-16(12(3)10-17-14)13-8-6-5-7-9-13/h5-10H,2,4H2,1,3H3/b15-14-. The molecule has 0 aliphatic rings. The summed E-state index contributed by atoms with van der Waals surface area (Å²) in [6.07, 6.45) is 0.881. The zero-order valence-corrected chi connectivity index (χ0v) is 11.0. The maximum Gasteiger partial charge on any atom is 0.194 e. The van der Waals surface area contributed by atoms with Crippen LogP contribution in [0.5, 0.6) is 0 Å². The van der Waals surface area contributed by atoms with Gasteiger partial charge in [-0.1, -0.05) is 31.7 Å². The second-order valence-corrected chi connectivity index (χ2v) is 4.70. The van der Waals surface area contributed by atoms with Crippen molar-refractivity contribution in [2.45, 2.75) is 20.3 Å². The number of para-hydroxylation sites is 1. The molecule has 0 radical (unpaired) electrons. The number of allylic oxidation sites excluding steroid dienone is 1. The molecule has 0 fully saturated rings. The van der Waals surface area contributed by atoms with E-state index in [-0.39, 0.29) is 0 Å². The van der Waals surface area contributed by atoms with Gasteiger partial charge in [-0.05, 0) is 25.5 Å². The van der Waals surface area contributed by atoms with Crippen LogP contribution in [0.1, 0.15) is 19.0 Å². The molecule has 1 heterocycles. The van der Waals surface area contributed by atoms with Crippen LogP contribution in [0.25, 0.3) is 5.69 Å². The molecule has 1 aromatic carbocycles. The normalized spacial score (nSPS) is 11.8. The Morgan fingerprint density at radius 3 is 2.71 bits per heavy atom. The molecular formula is C14H16N2S. The van der Waals surface area contributed by atoms with Crippen molar-refractivity contribution in [3.8, 4) is 5.69 Å². The summed E-state index contributed by atoms with van der Waals surface area (Å²) in [6.45, 7) is 8.10. The van der Waals surface area contributed by atoms with Crippen molar-refractivity contribution in [3.63, 3.8) is 0 Å². The van der Waals surface area contributed by atoms with Crippen LogP contribution < -0.4 is 4.80 Å². The van der Waals surface area contributed by atoms with E-state index in [0.29, 0.717) is 0 Å². The zero-order chi connectivity index (χ0) is 12.3. The monoisotopic (exact) mass is 244 g/mol. The van der Waals surface area contributed by atoms with E-state index in [1.165, 1.54) is 5.69 Å². The van der Waals surface area contributed by atoms with Crippen LogP contribution in [0, 0.1) is 6.92 Å². The van der Waals surface area contributed by atoms with E-state index in [2.05, 4.69) is 47.5 Å². The summed E-state index contributed by atoms with van der Waals surface area (Å²) in [5, 5.41) is 2.12. The number of aromatic nitrogens is 1. The third-order valence-corrected chi connectivity index (χ3v) is 3.50. The summed E-state index contributed by atoms with van der Waals surface area (Å²) in [6, 6.07) is 10.3. The number of hydrogen-bond donors (Lipinski definition) is 0. The van der Waals surface area contributed by atoms with Gasteiger partial charge in [0.2, 0.25) is 0 Å². The van der Waals surface area contributed by atoms with Crippen molar-refractivity contribution < 1.29 is 0 Å². The molecule has 1 aromatic heterocycles. The van der Waals surface area contributed by atoms with E-state index >= 15 is 0 Å². The summed E-state index contributed by atoms with van der Waals surface area (Å²) in [7, 11) is 0. The van der Waals surface area contributed by atoms with Gasteiger partial charge >= 0.3 is 0 Å². The van der Waals surface area contributed by atoms with E-state index in [4.69, 9.17) is 0 Å². The average Bonchev–Trinajstić information content (AvgIpc) is 2.71. The SMILES string of the molecule is C=C(CC)/N=c1\scc(C)n1-c1ccccc1. The molecule has 0 aliphatic heterocycles. The Bertz CT molecular complexity index is 576. The van der Waals surface area contributed by atoms with E-state index in [1.807, 2.05) is 18.2 Å². The van der Waals surface area contributed by atoms with Gasteiger partial charge in [-0.2, -0.15) is 0 Å². The highest BCUT2D eigenvalue weighted by atomic mass is 32.1. The Labute approximate surface area is 106 Å². The fourth-order valence-electron chi connectivity index (χ4n) is 1.58. The molecule has 3 heteroatoms. The highest BCUT2D eigenvalue weighted by molar-refractivity contribution is 7.07. The van der Waals surface area contributed by atoms with Crippen LogP contribution in [0.15, 0.2) is 53.0 Å². The van der Waals surface area contributed by atoms with E-state index < -0.39 is 0 Å². The predicted molar refractivity (Wildman–Crippen MR) is 73.4 cm³/mol. The quantitative estimate of drug-likeness (QED) is 0.784. The minimum absolute atomic E-state index is 0.881. The van der Waals surface area contributed by atoms with Crippen LogP contribution >= 0.6 is 11.3 Å². The molecule has 88 valence electrons. The third-order valence-electron chi connectivity index (χ3n) is 2.56. The highest BCUT2D eigenvalue weighted by Gasteiger charge is 2.03. The molecule has 2 nitrogen and oxygen atoms in total. The van der Waals surface area contributed by atoms with Crippen molar-refractivity contribution in [2.75, 3.05) is 0 Å². The van der Waals surface area contributed by atoms with Gasteiger partial charge in [-0.3, -0.25) is 4.57 Å². The minimum atomic E-state index is 0.881. The molecule has 0 atom stereocenters. The van der Waals surface area contributed by atoms with Gasteiger partial charge in [0.1, 0.15) is 0 Å². The van der Waals surface area contributed by atoms with E-state index in [9.17, 15) is 0 Å². The van der Waals surface area contributed by atoms with Gasteiger partial charge < -0.3 is 0 Å². The van der Waals surface area contributed by atoms with Crippen molar-refractivity contribution >= 4 is 11.3 Å². The maximum absolute atomic E-state index is 4.56. The molecule has 0 saturated heterocycles. The van der Waals surface area contributed by atoms with Crippen molar-refractivity contribution in [3.05, 3.63) is 58.5 Å². The van der Waals surface area contributed by atoms with Crippen LogP contribution in [0.2, 0.25) is 0 Å². The lowest BCUT2D eigenvalue weighted by Gasteiger charge is -2.05. The summed E-state index contributed by atoms with van der Waals surface area (Å²) in [4.78, 5) is 5.55. The Hall–Kier alpha value is -1.61. The molecule has 0 saturated carbocycles. The molecule has 2 aromatic rings. The van der Waals surface area contributed by atoms with Crippen LogP contribution in [0.3, 0.4) is 0 Å². The Balaban J connectivity index is 2.59. The second-order valence-electron chi connectivity index (χ2n) is 3.86. The van der Waals surface area contributed by atoms with Crippen molar-refractivity contribution in [1.82, 2.24) is 4.57 Å². The summed E-state index contributed by atoms with van der Waals surface area (Å²) in [5.41, 5.74) is 3.26. The number of hydrogen-bond acceptors (Lipinski definition) is 2. The molecule has 0 unspecified atom stereocenters. The molecule has 0 bridgehead atoms. The first-order valence-corrected chi connectivity index (χ1v) is 6.55. The smallest absolute Gasteiger partial charge is 0.194 e. The van der Waals surface area contributed by atoms with Crippen LogP contribution in [-0.2, 0) is 0 Å². The Morgan fingerprint density at radius 1 is 1.35 bits per heavy atom. The van der Waals surface area contributed by atoms with E-state index in [0.717, 1.165) is 22.6 Å². The summed E-state index contributed by atoms with van der Waals surface area (Å²) >= 11 is 1.65. The lowest BCUT2D eigenvalue weighted by Crippen LogP contribution is -2.14. The maximum atomic E-state index is 4.56. The summed E-state index contributed by atoms with van der Waals surface area (Å²) < 4.78 is 2.16. The first-order chi connectivity index (χ1) is 8.22. The molecule has 0 aliphatic carbocycles. The van der Waals surface area contributed by atoms with Gasteiger partial charge in [-0.25, -0.2) is 4.99 Å². The first kappa shape index (κ1) is 11.9. The number of rotatable bonds is 3. The first-order valence-electron chi connectivity index (χ1n) is 5.67. The topological polar surface area (TPSA) is 17.3 Å². The third kappa shape index (κ3) is 2.56. The van der Waals surface area contributed by atoms with Crippen LogP contribution in [0.4, 0.5) is 0 Å². The zero-order valence-electron chi connectivity index (χ0n) is 10.2. The molecule has 0 amide bonds. The molecule has 2 rings (SSSR count). The van der Waals surface area contributed by atoms with Gasteiger partial charge in [0.15, 0.2) is 4.80 Å². The van der Waals surface area contributed by atoms with Crippen molar-refractivity contribution in [1.29, 1.82) is 0 Å². The highest BCUT2D eigenvalue weighted by Crippen LogP contribution is 2.10. The van der Waals surface area contributed by atoms with E-state index in [1.54, 1.807) is 11.3 Å². The number of nitrogens with zero attached hydrogens (tertiary/aromatic N) is 2. The molecule has 0 spiro atoms. The molecule has 0 N–H and O–H groups in total. The lowest BCUT2D eigenvalue weighted by molar-refractivity contribution is 0.926. The van der Waals surface area contributed by atoms with Crippen LogP contribution in [-0.4, -0.2) is 4.57 Å². The van der Waals surface area contributed by atoms with Gasteiger partial charge in [0, 0.05) is 22.5 Å². The number of benzene rings is 1. The fraction of sp³-hybridized carbons (Fsp3) is 0.214. The Morgan fingerprint density at radius 2 is 2.06 bits per heavy atom. The predicted octanol–water partition coefficient (Wildman–Crippen LogP) is 3.67. The van der Waals surface area contributed by atoms with Gasteiger partial charge in [0.05, 0.1) is 0 Å². The summed E-state index contributed by atoms with van der Waals surface area (Å²) in [5.74, 6) is 0. The number of thiazole rings is 1.